The normalized spacial score (nSPS) is 26.0. The second-order valence-corrected chi connectivity index (χ2v) is 7.48. The third-order valence-corrected chi connectivity index (χ3v) is 5.42. The Bertz CT molecular complexity index is 575. The van der Waals surface area contributed by atoms with E-state index in [1.54, 1.807) is 11.9 Å². The van der Waals surface area contributed by atoms with Crippen LogP contribution in [0.4, 0.5) is 0 Å². The molecular formula is C17H30N3O8P. The van der Waals surface area contributed by atoms with Gasteiger partial charge in [0.1, 0.15) is 18.2 Å². The molecule has 0 spiro atoms. The Kier molecular flexibility index (Phi) is 11.5. The van der Waals surface area contributed by atoms with Crippen LogP contribution in [0.25, 0.3) is 0 Å². The first kappa shape index (κ1) is 25.7. The fourth-order valence-corrected chi connectivity index (χ4v) is 3.88. The Morgan fingerprint density at radius 1 is 1.28 bits per heavy atom. The zero-order valence-electron chi connectivity index (χ0n) is 17.4. The van der Waals surface area contributed by atoms with E-state index < -0.39 is 44.8 Å². The van der Waals surface area contributed by atoms with E-state index in [0.29, 0.717) is 0 Å². The summed E-state index contributed by atoms with van der Waals surface area (Å²) < 4.78 is 32.1. The van der Waals surface area contributed by atoms with Crippen molar-refractivity contribution in [1.29, 1.82) is 5.26 Å². The van der Waals surface area contributed by atoms with Crippen molar-refractivity contribution >= 4 is 20.5 Å². The molecule has 166 valence electrons. The van der Waals surface area contributed by atoms with E-state index in [4.69, 9.17) is 34.0 Å². The number of carbonyl (C=O) groups is 2. The molecule has 0 bridgehead atoms. The molecule has 0 aromatic rings. The average Bonchev–Trinajstić information content (AvgIpc) is 2.98. The van der Waals surface area contributed by atoms with Crippen LogP contribution in [0.1, 0.15) is 19.8 Å². The van der Waals surface area contributed by atoms with Crippen LogP contribution in [0.2, 0.25) is 0 Å². The molecular weight excluding hydrogens is 405 g/mol. The van der Waals surface area contributed by atoms with E-state index in [-0.39, 0.29) is 32.1 Å². The highest BCUT2D eigenvalue weighted by Gasteiger charge is 2.46. The van der Waals surface area contributed by atoms with Crippen LogP contribution < -0.4 is 5.50 Å². The topological polar surface area (TPSA) is 143 Å². The van der Waals surface area contributed by atoms with Crippen LogP contribution in [0, 0.1) is 11.3 Å². The molecule has 29 heavy (non-hydrogen) atoms. The van der Waals surface area contributed by atoms with E-state index in [1.807, 2.05) is 13.0 Å². The van der Waals surface area contributed by atoms with Crippen molar-refractivity contribution in [2.24, 2.45) is 5.50 Å². The number of rotatable bonds is 12. The van der Waals surface area contributed by atoms with Gasteiger partial charge < -0.3 is 28.0 Å². The Morgan fingerprint density at radius 3 is 2.52 bits per heavy atom. The van der Waals surface area contributed by atoms with Gasteiger partial charge in [0.25, 0.3) is 8.53 Å². The van der Waals surface area contributed by atoms with Gasteiger partial charge in [-0.1, -0.05) is 0 Å². The van der Waals surface area contributed by atoms with Crippen LogP contribution >= 0.6 is 8.53 Å². The number of likely N-dealkylation sites (N-methyl/N-ethyl adjacent to an activating group) is 1. The Balaban J connectivity index is 2.86. The minimum absolute atomic E-state index is 0.160. The standard InChI is InChI=1S/C17H30N3O8P/c1-11-15(24-4)16(28-29(19)26-8-6-7-18)13(27-11)10-20(2)12(17(22)25-5)9-14(21)23-3/h11-13,15-16H,6,8-10,19H2,1-5H3/t11-,12?,13+,15+,16?,29?/m0/s1. The second-order valence-electron chi connectivity index (χ2n) is 6.44. The SMILES string of the molecule is COC(=O)CC(C(=O)OC)N(C)C[C@H]1O[C@@H](C)[C@@H](OC)C1OP(N)OCCC#N. The fourth-order valence-electron chi connectivity index (χ4n) is 3.05. The van der Waals surface area contributed by atoms with E-state index in [2.05, 4.69) is 4.74 Å². The molecule has 2 N–H and O–H groups in total. The minimum atomic E-state index is -1.75. The predicted molar refractivity (Wildman–Crippen MR) is 102 cm³/mol. The molecule has 0 amide bonds. The monoisotopic (exact) mass is 435 g/mol. The average molecular weight is 435 g/mol. The van der Waals surface area contributed by atoms with E-state index >= 15 is 0 Å². The lowest BCUT2D eigenvalue weighted by Gasteiger charge is -2.30. The Labute approximate surface area is 172 Å². The number of methoxy groups -OCH3 is 3. The highest BCUT2D eigenvalue weighted by Crippen LogP contribution is 2.38. The molecule has 1 saturated heterocycles. The van der Waals surface area contributed by atoms with E-state index in [0.717, 1.165) is 0 Å². The molecule has 11 nitrogen and oxygen atoms in total. The summed E-state index contributed by atoms with van der Waals surface area (Å²) in [6.07, 6.45) is -1.72. The van der Waals surface area contributed by atoms with Gasteiger partial charge in [0.05, 0.1) is 51.9 Å². The minimum Gasteiger partial charge on any atom is -0.469 e. The third-order valence-electron chi connectivity index (χ3n) is 4.53. The van der Waals surface area contributed by atoms with Gasteiger partial charge in [-0.25, -0.2) is 0 Å². The van der Waals surface area contributed by atoms with E-state index in [1.165, 1.54) is 21.3 Å². The summed E-state index contributed by atoms with van der Waals surface area (Å²) in [5.74, 6) is -1.10. The first-order valence-electron chi connectivity index (χ1n) is 9.03. The summed E-state index contributed by atoms with van der Waals surface area (Å²) in [7, 11) is 3.96. The van der Waals surface area contributed by atoms with Crippen molar-refractivity contribution in [3.63, 3.8) is 0 Å². The van der Waals surface area contributed by atoms with Gasteiger partial charge in [-0.3, -0.25) is 20.0 Å². The van der Waals surface area contributed by atoms with Gasteiger partial charge in [0.2, 0.25) is 0 Å². The van der Waals surface area contributed by atoms with Crippen molar-refractivity contribution in [2.75, 3.05) is 41.5 Å². The summed E-state index contributed by atoms with van der Waals surface area (Å²) in [5, 5.41) is 8.60. The Hall–Kier alpha value is -1.38. The van der Waals surface area contributed by atoms with Gasteiger partial charge >= 0.3 is 11.9 Å². The zero-order chi connectivity index (χ0) is 22.0. The molecule has 1 rings (SSSR count). The number of carbonyl (C=O) groups excluding carboxylic acids is 2. The largest absolute Gasteiger partial charge is 0.469 e. The number of nitrogens with zero attached hydrogens (tertiary/aromatic N) is 2. The van der Waals surface area contributed by atoms with Crippen LogP contribution in [0.15, 0.2) is 0 Å². The molecule has 0 aromatic carbocycles. The zero-order valence-corrected chi connectivity index (χ0v) is 18.3. The van der Waals surface area contributed by atoms with Gasteiger partial charge in [0.15, 0.2) is 0 Å². The summed E-state index contributed by atoms with van der Waals surface area (Å²) in [6, 6.07) is 1.12. The number of hydrogen-bond donors (Lipinski definition) is 1. The maximum atomic E-state index is 12.1. The van der Waals surface area contributed by atoms with E-state index in [9.17, 15) is 9.59 Å². The molecule has 0 aliphatic carbocycles. The maximum Gasteiger partial charge on any atom is 0.323 e. The van der Waals surface area contributed by atoms with Crippen molar-refractivity contribution in [3.05, 3.63) is 0 Å². The van der Waals surface area contributed by atoms with Crippen molar-refractivity contribution < 1.29 is 37.6 Å². The van der Waals surface area contributed by atoms with Crippen LogP contribution in [0.3, 0.4) is 0 Å². The van der Waals surface area contributed by atoms with Gasteiger partial charge in [0, 0.05) is 13.7 Å². The van der Waals surface area contributed by atoms with Gasteiger partial charge in [-0.2, -0.15) is 5.26 Å². The predicted octanol–water partition coefficient (Wildman–Crippen LogP) is 0.326. The summed E-state index contributed by atoms with van der Waals surface area (Å²) in [6.45, 7) is 2.24. The summed E-state index contributed by atoms with van der Waals surface area (Å²) >= 11 is 0. The number of nitrogens with two attached hydrogens (primary N) is 1. The molecule has 0 aromatic heterocycles. The van der Waals surface area contributed by atoms with Crippen LogP contribution in [-0.4, -0.2) is 88.8 Å². The fraction of sp³-hybridized carbons (Fsp3) is 0.824. The number of esters is 2. The second kappa shape index (κ2) is 13.0. The third kappa shape index (κ3) is 7.75. The lowest BCUT2D eigenvalue weighted by molar-refractivity contribution is -0.153. The van der Waals surface area contributed by atoms with Gasteiger partial charge in [-0.05, 0) is 14.0 Å². The highest BCUT2D eigenvalue weighted by molar-refractivity contribution is 7.44. The Morgan fingerprint density at radius 2 is 1.97 bits per heavy atom. The smallest absolute Gasteiger partial charge is 0.323 e. The molecule has 1 aliphatic rings. The van der Waals surface area contributed by atoms with Crippen LogP contribution in [0.5, 0.6) is 0 Å². The molecule has 12 heteroatoms. The lowest BCUT2D eigenvalue weighted by atomic mass is 10.1. The maximum absolute atomic E-state index is 12.1. The highest BCUT2D eigenvalue weighted by atomic mass is 31.2. The first-order chi connectivity index (χ1) is 13.8. The molecule has 3 unspecified atom stereocenters. The van der Waals surface area contributed by atoms with Gasteiger partial charge in [-0.15, -0.1) is 0 Å². The first-order valence-corrected chi connectivity index (χ1v) is 10.3. The molecule has 1 fully saturated rings. The molecule has 1 heterocycles. The van der Waals surface area contributed by atoms with Crippen molar-refractivity contribution in [1.82, 2.24) is 4.90 Å². The van der Waals surface area contributed by atoms with Crippen LogP contribution in [-0.2, 0) is 37.6 Å². The molecule has 0 saturated carbocycles. The van der Waals surface area contributed by atoms with Crippen molar-refractivity contribution in [2.45, 2.75) is 50.2 Å². The molecule has 0 radical (unpaired) electrons. The number of hydrogen-bond acceptors (Lipinski definition) is 11. The quantitative estimate of drug-likeness (QED) is 0.257. The molecule has 6 atom stereocenters. The summed E-state index contributed by atoms with van der Waals surface area (Å²) in [4.78, 5) is 25.5. The lowest BCUT2D eigenvalue weighted by Crippen LogP contribution is -2.47. The number of ether oxygens (including phenoxy) is 4. The summed E-state index contributed by atoms with van der Waals surface area (Å²) in [5.41, 5.74) is 5.91. The number of nitriles is 1. The van der Waals surface area contributed by atoms with Crippen molar-refractivity contribution in [3.8, 4) is 6.07 Å². The molecule has 1 aliphatic heterocycles.